The van der Waals surface area contributed by atoms with Crippen molar-refractivity contribution >= 4 is 80.9 Å². The van der Waals surface area contributed by atoms with Gasteiger partial charge in [0, 0.05) is 30.0 Å². The zero-order valence-electron chi connectivity index (χ0n) is 29.1. The highest BCUT2D eigenvalue weighted by molar-refractivity contribution is 7.86. The molecule has 0 spiro atoms. The molecule has 0 aromatic heterocycles. The first-order chi connectivity index (χ1) is 27.7. The standard InChI is InChI=1S/C34H24N8O14S3/c43-29-16-24(58(51,52)53)13-18-12-23(57(48,49)50)15-26(31(18)29)38-40-28-17-27(33(44)32(34(28)45)41-36-20-6-9-22(10-7-20)42(46)47)39-37-21-8-11-25(30(14-21)59(54,55)56)35-19-4-2-1-3-5-19/h1-17,35-37,43H,(H,48,49,50)(H,51,52,53)(H,54,55,56)/b39-27+,40-38?,41-32-. The number of nitro benzene ring substituents is 1. The van der Waals surface area contributed by atoms with E-state index in [1.54, 1.807) is 30.3 Å². The minimum absolute atomic E-state index is 0.0311. The van der Waals surface area contributed by atoms with Gasteiger partial charge in [-0.2, -0.15) is 35.5 Å². The molecule has 0 unspecified atom stereocenters. The number of rotatable bonds is 12. The van der Waals surface area contributed by atoms with Gasteiger partial charge in [-0.1, -0.05) is 18.2 Å². The third kappa shape index (κ3) is 9.47. The molecule has 0 aliphatic rings. The number of fused-ring (bicyclic) bond motifs is 1. The van der Waals surface area contributed by atoms with E-state index in [0.29, 0.717) is 17.8 Å². The van der Waals surface area contributed by atoms with E-state index < -0.39 is 88.7 Å². The minimum Gasteiger partial charge on any atom is -0.507 e. The molecule has 0 fully saturated rings. The van der Waals surface area contributed by atoms with Gasteiger partial charge in [-0.25, -0.2) is 0 Å². The number of aromatic hydroxyl groups is 1. The van der Waals surface area contributed by atoms with Gasteiger partial charge in [-0.05, 0) is 66.0 Å². The number of phenols is 1. The lowest BCUT2D eigenvalue weighted by molar-refractivity contribution is -0.384. The van der Waals surface area contributed by atoms with Gasteiger partial charge in [-0.15, -0.1) is 10.2 Å². The number of nitrogens with zero attached hydrogens (tertiary/aromatic N) is 5. The molecule has 0 amide bonds. The summed E-state index contributed by atoms with van der Waals surface area (Å²) in [6.45, 7) is 0. The molecule has 0 heterocycles. The molecule has 0 aliphatic heterocycles. The van der Waals surface area contributed by atoms with Crippen LogP contribution in [0.2, 0.25) is 0 Å². The normalized spacial score (nSPS) is 12.9. The minimum atomic E-state index is -5.03. The summed E-state index contributed by atoms with van der Waals surface area (Å²) < 4.78 is 102. The number of hydrogen-bond acceptors (Lipinski definition) is 18. The van der Waals surface area contributed by atoms with Crippen LogP contribution in [0.3, 0.4) is 0 Å². The number of hydrogen-bond donors (Lipinski definition) is 7. The van der Waals surface area contributed by atoms with E-state index in [1.165, 1.54) is 24.3 Å². The topological polar surface area (TPSA) is 346 Å². The van der Waals surface area contributed by atoms with Gasteiger partial charge in [0.1, 0.15) is 21.7 Å². The molecule has 6 aromatic carbocycles. The summed E-state index contributed by atoms with van der Waals surface area (Å²) in [5.41, 5.74) is 1.34. The maximum Gasteiger partial charge on any atom is 0.296 e. The number of benzene rings is 6. The Hall–Kier alpha value is -7.29. The monoisotopic (exact) mass is 864 g/mol. The van der Waals surface area contributed by atoms with Crippen molar-refractivity contribution in [2.24, 2.45) is 20.4 Å². The Kier molecular flexibility index (Phi) is 11.2. The molecule has 6 aromatic rings. The summed E-state index contributed by atoms with van der Waals surface area (Å²) in [5.74, 6) is -0.861. The van der Waals surface area contributed by atoms with E-state index in [4.69, 9.17) is 0 Å². The lowest BCUT2D eigenvalue weighted by Gasteiger charge is -2.12. The first kappa shape index (κ1) is 41.3. The zero-order chi connectivity index (χ0) is 42.9. The number of para-hydroxylation sites is 1. The SMILES string of the molecule is O=c1c(N=Nc2cc(S(=O)(=O)O)cc3cc(S(=O)(=O)O)cc(O)c23)c/c(=N\Nc2ccc(Nc3ccccc3)c(S(=O)(=O)O)c2)c(=O)/c1=N/Nc1ccc([N+](=O)[O-])cc1. The first-order valence-electron chi connectivity index (χ1n) is 16.0. The molecule has 7 N–H and O–H groups in total. The Morgan fingerprint density at radius 3 is 1.81 bits per heavy atom. The third-order valence-electron chi connectivity index (χ3n) is 7.98. The van der Waals surface area contributed by atoms with Gasteiger partial charge < -0.3 is 10.4 Å². The van der Waals surface area contributed by atoms with Gasteiger partial charge in [0.25, 0.3) is 36.0 Å². The van der Waals surface area contributed by atoms with Crippen LogP contribution in [-0.4, -0.2) is 48.9 Å². The Balaban J connectivity index is 1.51. The summed E-state index contributed by atoms with van der Waals surface area (Å²) in [4.78, 5) is 35.3. The second kappa shape index (κ2) is 15.9. The highest BCUT2D eigenvalue weighted by Crippen LogP contribution is 2.38. The van der Waals surface area contributed by atoms with Crippen molar-refractivity contribution in [3.8, 4) is 5.75 Å². The zero-order valence-corrected chi connectivity index (χ0v) is 31.6. The molecule has 0 bridgehead atoms. The highest BCUT2D eigenvalue weighted by atomic mass is 32.2. The Morgan fingerprint density at radius 2 is 1.20 bits per heavy atom. The number of non-ortho nitro benzene ring substituents is 1. The number of azo groups is 1. The van der Waals surface area contributed by atoms with Crippen LogP contribution in [0.25, 0.3) is 10.8 Å². The number of nitrogens with one attached hydrogen (secondary N) is 3. The van der Waals surface area contributed by atoms with E-state index >= 15 is 0 Å². The van der Waals surface area contributed by atoms with Crippen LogP contribution >= 0.6 is 0 Å². The Morgan fingerprint density at radius 1 is 0.610 bits per heavy atom. The summed E-state index contributed by atoms with van der Waals surface area (Å²) in [6, 6.07) is 20.2. The maximum absolute atomic E-state index is 13.6. The van der Waals surface area contributed by atoms with Crippen LogP contribution < -0.4 is 37.7 Å². The molecule has 0 saturated carbocycles. The van der Waals surface area contributed by atoms with Gasteiger partial charge in [-0.3, -0.25) is 44.2 Å². The molecular weight excluding hydrogens is 841 g/mol. The van der Waals surface area contributed by atoms with Crippen molar-refractivity contribution in [3.05, 3.63) is 144 Å². The van der Waals surface area contributed by atoms with E-state index in [2.05, 4.69) is 36.6 Å². The molecule has 22 nitrogen and oxygen atoms in total. The predicted octanol–water partition coefficient (Wildman–Crippen LogP) is 3.80. The van der Waals surface area contributed by atoms with Crippen molar-refractivity contribution in [3.63, 3.8) is 0 Å². The second-order valence-electron chi connectivity index (χ2n) is 12.0. The number of nitro groups is 1. The van der Waals surface area contributed by atoms with Crippen LogP contribution in [-0.2, 0) is 30.4 Å². The van der Waals surface area contributed by atoms with Crippen molar-refractivity contribution in [1.29, 1.82) is 0 Å². The van der Waals surface area contributed by atoms with E-state index in [0.717, 1.165) is 36.4 Å². The molecule has 0 atom stereocenters. The molecule has 0 radical (unpaired) electrons. The quantitative estimate of drug-likeness (QED) is 0.0398. The third-order valence-corrected chi connectivity index (χ3v) is 10.5. The molecular formula is C34H24N8O14S3. The summed E-state index contributed by atoms with van der Waals surface area (Å²) in [7, 11) is -14.8. The first-order valence-corrected chi connectivity index (χ1v) is 20.3. The molecule has 59 heavy (non-hydrogen) atoms. The Labute approximate surface area is 330 Å². The second-order valence-corrected chi connectivity index (χ2v) is 16.2. The summed E-state index contributed by atoms with van der Waals surface area (Å²) in [6.07, 6.45) is 0. The van der Waals surface area contributed by atoms with Crippen molar-refractivity contribution in [1.82, 2.24) is 0 Å². The lowest BCUT2D eigenvalue weighted by atomic mass is 10.1. The van der Waals surface area contributed by atoms with Gasteiger partial charge in [0.05, 0.1) is 42.9 Å². The maximum atomic E-state index is 13.6. The fourth-order valence-corrected chi connectivity index (χ4v) is 7.00. The molecule has 25 heteroatoms. The van der Waals surface area contributed by atoms with Crippen LogP contribution in [0, 0.1) is 10.1 Å². The smallest absolute Gasteiger partial charge is 0.296 e. The predicted molar refractivity (Wildman–Crippen MR) is 208 cm³/mol. The average molecular weight is 865 g/mol. The highest BCUT2D eigenvalue weighted by Gasteiger charge is 2.21. The van der Waals surface area contributed by atoms with Crippen molar-refractivity contribution < 1.29 is 48.9 Å². The average Bonchev–Trinajstić information content (AvgIpc) is 3.16. The summed E-state index contributed by atoms with van der Waals surface area (Å²) >= 11 is 0. The summed E-state index contributed by atoms with van der Waals surface area (Å²) in [5, 5.41) is 37.8. The Bertz CT molecular complexity index is 3300. The lowest BCUT2D eigenvalue weighted by Crippen LogP contribution is -2.48. The number of anilines is 4. The molecule has 302 valence electrons. The van der Waals surface area contributed by atoms with Crippen LogP contribution in [0.4, 0.5) is 39.8 Å². The molecule has 0 saturated heterocycles. The fraction of sp³-hybridized carbons (Fsp3) is 0. The van der Waals surface area contributed by atoms with Crippen LogP contribution in [0.15, 0.2) is 148 Å². The van der Waals surface area contributed by atoms with Crippen molar-refractivity contribution in [2.45, 2.75) is 14.7 Å². The largest absolute Gasteiger partial charge is 0.507 e. The van der Waals surface area contributed by atoms with Gasteiger partial charge >= 0.3 is 0 Å². The van der Waals surface area contributed by atoms with Crippen LogP contribution in [0.1, 0.15) is 0 Å². The fourth-order valence-electron chi connectivity index (χ4n) is 5.25. The molecule has 6 rings (SSSR count). The van der Waals surface area contributed by atoms with Gasteiger partial charge in [0.15, 0.2) is 5.36 Å². The van der Waals surface area contributed by atoms with E-state index in [1.807, 2.05) is 0 Å². The van der Waals surface area contributed by atoms with Crippen LogP contribution in [0.5, 0.6) is 5.75 Å². The van der Waals surface area contributed by atoms with Gasteiger partial charge in [0.2, 0.25) is 10.9 Å². The number of phenolic OH excluding ortho intramolecular Hbond substituents is 1. The van der Waals surface area contributed by atoms with Crippen molar-refractivity contribution in [2.75, 3.05) is 16.2 Å². The molecule has 0 aliphatic carbocycles. The van der Waals surface area contributed by atoms with E-state index in [9.17, 15) is 63.7 Å². The van der Waals surface area contributed by atoms with E-state index in [-0.39, 0.29) is 33.5 Å².